The summed E-state index contributed by atoms with van der Waals surface area (Å²) in [5, 5.41) is 9.07. The van der Waals surface area contributed by atoms with Crippen molar-refractivity contribution in [1.29, 1.82) is 0 Å². The molecule has 0 radical (unpaired) electrons. The van der Waals surface area contributed by atoms with Crippen LogP contribution < -0.4 is 0 Å². The van der Waals surface area contributed by atoms with E-state index < -0.39 is 0 Å². The molecule has 1 atom stereocenters. The van der Waals surface area contributed by atoms with Crippen molar-refractivity contribution in [2.24, 2.45) is 0 Å². The van der Waals surface area contributed by atoms with Crippen molar-refractivity contribution in [3.05, 3.63) is 0 Å². The largest absolute Gasteiger partial charge is 0.393 e. The monoisotopic (exact) mass is 201 g/mol. The molecule has 0 aliphatic carbocycles. The third kappa shape index (κ3) is 4.61. The Balaban J connectivity index is 3.97. The maximum atomic E-state index is 11.6. The van der Waals surface area contributed by atoms with Crippen molar-refractivity contribution >= 4 is 5.91 Å². The Hall–Kier alpha value is -0.570. The van der Waals surface area contributed by atoms with Crippen LogP contribution in [0.25, 0.3) is 0 Å². The molecule has 0 rings (SSSR count). The van der Waals surface area contributed by atoms with Gasteiger partial charge in [0.1, 0.15) is 0 Å². The smallest absolute Gasteiger partial charge is 0.222 e. The first kappa shape index (κ1) is 13.4. The molecule has 0 fully saturated rings. The summed E-state index contributed by atoms with van der Waals surface area (Å²) in [6.45, 7) is 5.89. The van der Waals surface area contributed by atoms with Crippen molar-refractivity contribution in [1.82, 2.24) is 4.90 Å². The predicted octanol–water partition coefficient (Wildman–Crippen LogP) is 1.79. The normalized spacial score (nSPS) is 13.0. The fraction of sp³-hybridized carbons (Fsp3) is 0.909. The Labute approximate surface area is 87.1 Å². The van der Waals surface area contributed by atoms with E-state index in [4.69, 9.17) is 5.11 Å². The summed E-state index contributed by atoms with van der Waals surface area (Å²) in [6.07, 6.45) is 2.61. The van der Waals surface area contributed by atoms with Crippen LogP contribution in [-0.2, 0) is 4.79 Å². The van der Waals surface area contributed by atoms with Crippen LogP contribution in [0.15, 0.2) is 0 Å². The van der Waals surface area contributed by atoms with Gasteiger partial charge in [0.15, 0.2) is 0 Å². The molecular formula is C11H23NO2. The molecule has 3 heteroatoms. The number of aliphatic hydroxyl groups excluding tert-OH is 1. The van der Waals surface area contributed by atoms with Crippen LogP contribution in [0.2, 0.25) is 0 Å². The van der Waals surface area contributed by atoms with Crippen molar-refractivity contribution < 1.29 is 9.90 Å². The molecule has 0 aliphatic rings. The Bertz CT molecular complexity index is 165. The molecule has 14 heavy (non-hydrogen) atoms. The van der Waals surface area contributed by atoms with E-state index in [0.717, 1.165) is 12.8 Å². The van der Waals surface area contributed by atoms with E-state index in [2.05, 4.69) is 13.8 Å². The highest BCUT2D eigenvalue weighted by Crippen LogP contribution is 2.09. The fourth-order valence-corrected chi connectivity index (χ4v) is 1.55. The number of amides is 1. The van der Waals surface area contributed by atoms with Crippen LogP contribution >= 0.6 is 0 Å². The number of rotatable bonds is 6. The molecule has 1 unspecified atom stereocenters. The van der Waals surface area contributed by atoms with E-state index >= 15 is 0 Å². The van der Waals surface area contributed by atoms with Gasteiger partial charge in [0.2, 0.25) is 5.91 Å². The summed E-state index contributed by atoms with van der Waals surface area (Å²) >= 11 is 0. The fourth-order valence-electron chi connectivity index (χ4n) is 1.55. The summed E-state index contributed by atoms with van der Waals surface area (Å²) in [6, 6.07) is 0.344. The minimum atomic E-state index is -0.381. The van der Waals surface area contributed by atoms with Crippen LogP contribution in [-0.4, -0.2) is 35.1 Å². The average molecular weight is 201 g/mol. The van der Waals surface area contributed by atoms with Gasteiger partial charge < -0.3 is 10.0 Å². The lowest BCUT2D eigenvalue weighted by atomic mass is 10.1. The third-order valence-electron chi connectivity index (χ3n) is 2.66. The summed E-state index contributed by atoms with van der Waals surface area (Å²) in [5.74, 6) is 0.139. The molecular weight excluding hydrogens is 178 g/mol. The van der Waals surface area contributed by atoms with E-state index in [1.165, 1.54) is 0 Å². The SMILES string of the molecule is CCC(CC)N(C)C(=O)CCC(C)O. The van der Waals surface area contributed by atoms with E-state index in [9.17, 15) is 4.79 Å². The van der Waals surface area contributed by atoms with Crippen LogP contribution in [0.5, 0.6) is 0 Å². The number of hydrogen-bond donors (Lipinski definition) is 1. The highest BCUT2D eigenvalue weighted by Gasteiger charge is 2.16. The molecule has 0 bridgehead atoms. The first-order valence-corrected chi connectivity index (χ1v) is 5.46. The maximum Gasteiger partial charge on any atom is 0.222 e. The molecule has 84 valence electrons. The van der Waals surface area contributed by atoms with Crippen molar-refractivity contribution in [2.45, 2.75) is 58.6 Å². The molecule has 0 spiro atoms. The van der Waals surface area contributed by atoms with Gasteiger partial charge in [-0.2, -0.15) is 0 Å². The Morgan fingerprint density at radius 2 is 1.86 bits per heavy atom. The van der Waals surface area contributed by atoms with Crippen LogP contribution in [0.4, 0.5) is 0 Å². The third-order valence-corrected chi connectivity index (χ3v) is 2.66. The summed E-state index contributed by atoms with van der Waals surface area (Å²) in [7, 11) is 1.85. The molecule has 3 nitrogen and oxygen atoms in total. The maximum absolute atomic E-state index is 11.6. The molecule has 1 N–H and O–H groups in total. The topological polar surface area (TPSA) is 40.5 Å². The van der Waals surface area contributed by atoms with Gasteiger partial charge in [0, 0.05) is 19.5 Å². The second-order valence-corrected chi connectivity index (χ2v) is 3.86. The van der Waals surface area contributed by atoms with Gasteiger partial charge in [-0.3, -0.25) is 4.79 Å². The molecule has 0 aliphatic heterocycles. The van der Waals surface area contributed by atoms with Gasteiger partial charge >= 0.3 is 0 Å². The predicted molar refractivity (Wildman–Crippen MR) is 58.1 cm³/mol. The summed E-state index contributed by atoms with van der Waals surface area (Å²) < 4.78 is 0. The quantitative estimate of drug-likeness (QED) is 0.712. The lowest BCUT2D eigenvalue weighted by molar-refractivity contribution is -0.132. The molecule has 1 amide bonds. The van der Waals surface area contributed by atoms with Crippen LogP contribution in [0.3, 0.4) is 0 Å². The van der Waals surface area contributed by atoms with Crippen molar-refractivity contribution in [3.63, 3.8) is 0 Å². The van der Waals surface area contributed by atoms with Gasteiger partial charge in [0.25, 0.3) is 0 Å². The molecule has 0 saturated carbocycles. The zero-order chi connectivity index (χ0) is 11.1. The van der Waals surface area contributed by atoms with Crippen LogP contribution in [0, 0.1) is 0 Å². The Morgan fingerprint density at radius 3 is 2.21 bits per heavy atom. The standard InChI is InChI=1S/C11H23NO2/c1-5-10(6-2)12(4)11(14)8-7-9(3)13/h9-10,13H,5-8H2,1-4H3. The first-order chi connectivity index (χ1) is 6.52. The number of carbonyl (C=O) groups is 1. The molecule has 0 aromatic heterocycles. The highest BCUT2D eigenvalue weighted by atomic mass is 16.3. The molecule has 0 heterocycles. The first-order valence-electron chi connectivity index (χ1n) is 5.46. The molecule has 0 saturated heterocycles. The lowest BCUT2D eigenvalue weighted by Crippen LogP contribution is -2.36. The minimum Gasteiger partial charge on any atom is -0.393 e. The van der Waals surface area contributed by atoms with Gasteiger partial charge in [-0.05, 0) is 26.2 Å². The summed E-state index contributed by atoms with van der Waals surface area (Å²) in [4.78, 5) is 13.4. The van der Waals surface area contributed by atoms with Crippen molar-refractivity contribution in [3.8, 4) is 0 Å². The molecule has 0 aromatic carbocycles. The van der Waals surface area contributed by atoms with Gasteiger partial charge in [-0.25, -0.2) is 0 Å². The number of hydrogen-bond acceptors (Lipinski definition) is 2. The number of aliphatic hydroxyl groups is 1. The second-order valence-electron chi connectivity index (χ2n) is 3.86. The highest BCUT2D eigenvalue weighted by molar-refractivity contribution is 5.76. The Morgan fingerprint density at radius 1 is 1.36 bits per heavy atom. The number of carbonyl (C=O) groups excluding carboxylic acids is 1. The lowest BCUT2D eigenvalue weighted by Gasteiger charge is -2.26. The summed E-state index contributed by atoms with van der Waals surface area (Å²) in [5.41, 5.74) is 0. The average Bonchev–Trinajstić information content (AvgIpc) is 2.15. The van der Waals surface area contributed by atoms with Gasteiger partial charge in [-0.15, -0.1) is 0 Å². The van der Waals surface area contributed by atoms with E-state index in [1.54, 1.807) is 6.92 Å². The van der Waals surface area contributed by atoms with Gasteiger partial charge in [-0.1, -0.05) is 13.8 Å². The Kier molecular flexibility index (Phi) is 6.54. The van der Waals surface area contributed by atoms with E-state index in [1.807, 2.05) is 11.9 Å². The second kappa shape index (κ2) is 6.82. The molecule has 0 aromatic rings. The van der Waals surface area contributed by atoms with E-state index in [-0.39, 0.29) is 12.0 Å². The minimum absolute atomic E-state index is 0.139. The number of nitrogens with zero attached hydrogens (tertiary/aromatic N) is 1. The van der Waals surface area contributed by atoms with Crippen LogP contribution in [0.1, 0.15) is 46.5 Å². The van der Waals surface area contributed by atoms with Gasteiger partial charge in [0.05, 0.1) is 6.10 Å². The zero-order valence-electron chi connectivity index (χ0n) is 9.79. The van der Waals surface area contributed by atoms with E-state index in [0.29, 0.717) is 18.9 Å². The zero-order valence-corrected chi connectivity index (χ0v) is 9.79. The van der Waals surface area contributed by atoms with Crippen molar-refractivity contribution in [2.75, 3.05) is 7.05 Å².